The van der Waals surface area contributed by atoms with Crippen LogP contribution in [0.2, 0.25) is 0 Å². The molecule has 0 atom stereocenters. The first-order chi connectivity index (χ1) is 4.91. The summed E-state index contributed by atoms with van der Waals surface area (Å²) >= 11 is 0. The maximum Gasteiger partial charge on any atom is 2.00 e. The van der Waals surface area contributed by atoms with Crippen LogP contribution in [0.3, 0.4) is 0 Å². The van der Waals surface area contributed by atoms with E-state index < -0.39 is 0 Å². The third kappa shape index (κ3) is 65.5. The topological polar surface area (TPSA) is 0 Å². The molecule has 0 N–H and O–H groups in total. The van der Waals surface area contributed by atoms with Crippen LogP contribution in [0.4, 0.5) is 0 Å². The Morgan fingerprint density at radius 2 is 0.833 bits per heavy atom. The van der Waals surface area contributed by atoms with Gasteiger partial charge in [0.15, 0.2) is 0 Å². The average Bonchev–Trinajstić information content (AvgIpc) is 2.08. The van der Waals surface area contributed by atoms with Crippen molar-refractivity contribution in [2.75, 3.05) is 0 Å². The van der Waals surface area contributed by atoms with Gasteiger partial charge in [0.1, 0.15) is 0 Å². The van der Waals surface area contributed by atoms with Gasteiger partial charge in [0.25, 0.3) is 0 Å². The summed E-state index contributed by atoms with van der Waals surface area (Å²) in [6.45, 7) is 17.4. The van der Waals surface area contributed by atoms with Crippen molar-refractivity contribution < 1.29 is 39.0 Å². The largest absolute Gasteiger partial charge is 2.00 e. The summed E-state index contributed by atoms with van der Waals surface area (Å²) in [5.41, 5.74) is 0. The van der Waals surface area contributed by atoms with E-state index in [1.54, 1.807) is 13.8 Å². The van der Waals surface area contributed by atoms with Crippen molar-refractivity contribution in [1.29, 1.82) is 0 Å². The summed E-state index contributed by atoms with van der Waals surface area (Å²) in [6.07, 6.45) is 4.61. The predicted octanol–water partition coefficient (Wildman–Crippen LogP) is 3.89. The summed E-state index contributed by atoms with van der Waals surface area (Å²) in [5.74, 6) is 0. The van der Waals surface area contributed by atoms with Crippen LogP contribution in [0.1, 0.15) is 39.5 Å². The zero-order valence-corrected chi connectivity index (χ0v) is 15.0. The van der Waals surface area contributed by atoms with E-state index in [1.165, 1.54) is 12.8 Å². The molecule has 12 heavy (non-hydrogen) atoms. The Bertz CT molecular complexity index is 19.8. The minimum absolute atomic E-state index is 0. The van der Waals surface area contributed by atoms with E-state index >= 15 is 0 Å². The SMILES string of the molecule is [CH2-]C.[CH2-]C.[CH2-]CCCC[CH2-].[Zn+2].[Zn+2]. The van der Waals surface area contributed by atoms with E-state index in [0.29, 0.717) is 0 Å². The number of hydrogen-bond donors (Lipinski definition) is 0. The normalized spacial score (nSPS) is 5.50. The molecule has 2 heteroatoms. The molecule has 0 amide bonds. The van der Waals surface area contributed by atoms with Gasteiger partial charge < -0.3 is 27.7 Å². The molecule has 0 aliphatic carbocycles. The van der Waals surface area contributed by atoms with E-state index in [1.807, 2.05) is 0 Å². The fourth-order valence-electron chi connectivity index (χ4n) is 0.354. The maximum absolute atomic E-state index is 3.70. The van der Waals surface area contributed by atoms with E-state index in [-0.39, 0.29) is 39.0 Å². The Labute approximate surface area is 106 Å². The van der Waals surface area contributed by atoms with E-state index in [0.717, 1.165) is 12.8 Å². The molecular weight excluding hydrogens is 251 g/mol. The molecule has 0 aromatic rings. The number of hydrogen-bond acceptors (Lipinski definition) is 0. The van der Waals surface area contributed by atoms with Crippen LogP contribution in [-0.4, -0.2) is 0 Å². The van der Waals surface area contributed by atoms with Crippen LogP contribution in [0.5, 0.6) is 0 Å². The second kappa shape index (κ2) is 56.3. The van der Waals surface area contributed by atoms with Gasteiger partial charge in [0, 0.05) is 0 Å². The Kier molecular flexibility index (Phi) is 137. The zero-order chi connectivity index (χ0) is 8.83. The van der Waals surface area contributed by atoms with Gasteiger partial charge in [-0.15, -0.1) is 0 Å². The summed E-state index contributed by atoms with van der Waals surface area (Å²) in [5, 5.41) is 0. The maximum atomic E-state index is 3.70. The molecular formula is C10H22Zn2. The van der Waals surface area contributed by atoms with Gasteiger partial charge in [-0.3, -0.25) is 0 Å². The fraction of sp³-hybridized carbons (Fsp3) is 0.600. The van der Waals surface area contributed by atoms with E-state index in [9.17, 15) is 0 Å². The van der Waals surface area contributed by atoms with Gasteiger partial charge in [0.2, 0.25) is 0 Å². The number of unbranched alkanes of at least 4 members (excludes halogenated alkanes) is 3. The third-order valence-electron chi connectivity index (χ3n) is 0.750. The molecule has 66 valence electrons. The Hall–Kier alpha value is 1.25. The van der Waals surface area contributed by atoms with E-state index in [4.69, 9.17) is 0 Å². The minimum atomic E-state index is 0. The second-order valence-corrected chi connectivity index (χ2v) is 1.41. The van der Waals surface area contributed by atoms with Crippen molar-refractivity contribution in [3.05, 3.63) is 27.7 Å². The molecule has 0 saturated heterocycles. The van der Waals surface area contributed by atoms with Crippen LogP contribution in [0, 0.1) is 27.7 Å². The molecule has 0 unspecified atom stereocenters. The molecule has 0 bridgehead atoms. The van der Waals surface area contributed by atoms with Crippen LogP contribution in [-0.2, 0) is 39.0 Å². The first-order valence-corrected chi connectivity index (χ1v) is 3.91. The average molecular weight is 273 g/mol. The van der Waals surface area contributed by atoms with Crippen molar-refractivity contribution in [3.63, 3.8) is 0 Å². The van der Waals surface area contributed by atoms with Gasteiger partial charge in [-0.2, -0.15) is 26.7 Å². The molecule has 0 heterocycles. The Balaban J connectivity index is -0.0000000241. The van der Waals surface area contributed by atoms with Gasteiger partial charge in [-0.1, -0.05) is 12.8 Å². The van der Waals surface area contributed by atoms with Gasteiger partial charge in [-0.05, 0) is 0 Å². The van der Waals surface area contributed by atoms with Crippen molar-refractivity contribution >= 4 is 0 Å². The summed E-state index contributed by atoms with van der Waals surface area (Å²) < 4.78 is 0. The van der Waals surface area contributed by atoms with Crippen molar-refractivity contribution in [2.24, 2.45) is 0 Å². The summed E-state index contributed by atoms with van der Waals surface area (Å²) in [6, 6.07) is 0. The van der Waals surface area contributed by atoms with Gasteiger partial charge in [0.05, 0.1) is 0 Å². The second-order valence-electron chi connectivity index (χ2n) is 1.41. The summed E-state index contributed by atoms with van der Waals surface area (Å²) in [4.78, 5) is 0. The molecule has 0 rings (SSSR count). The van der Waals surface area contributed by atoms with Gasteiger partial charge in [-0.25, -0.2) is 0 Å². The molecule has 0 radical (unpaired) electrons. The molecule has 0 saturated carbocycles. The van der Waals surface area contributed by atoms with Crippen LogP contribution in [0.15, 0.2) is 0 Å². The van der Waals surface area contributed by atoms with Crippen LogP contribution in [0.25, 0.3) is 0 Å². The van der Waals surface area contributed by atoms with Gasteiger partial charge >= 0.3 is 39.0 Å². The molecule has 0 aliphatic heterocycles. The molecule has 0 aromatic heterocycles. The fourth-order valence-corrected chi connectivity index (χ4v) is 0.354. The third-order valence-corrected chi connectivity index (χ3v) is 0.750. The Morgan fingerprint density at radius 3 is 0.917 bits per heavy atom. The zero-order valence-electron chi connectivity index (χ0n) is 9.07. The van der Waals surface area contributed by atoms with Crippen molar-refractivity contribution in [1.82, 2.24) is 0 Å². The predicted molar refractivity (Wildman–Crippen MR) is 51.2 cm³/mol. The Morgan fingerprint density at radius 1 is 0.667 bits per heavy atom. The summed E-state index contributed by atoms with van der Waals surface area (Å²) in [7, 11) is 0. The van der Waals surface area contributed by atoms with Crippen molar-refractivity contribution in [2.45, 2.75) is 39.5 Å². The molecule has 0 aromatic carbocycles. The smallest absolute Gasteiger partial charge is 0.346 e. The quantitative estimate of drug-likeness (QED) is 0.415. The van der Waals surface area contributed by atoms with Crippen LogP contribution < -0.4 is 0 Å². The minimum Gasteiger partial charge on any atom is -0.346 e. The standard InChI is InChI=1S/C6H12.2C2H5.2Zn/c1-3-5-6-4-2;2*1-2;;/h1-6H2;2*1H2,2H3;;/q-2;2*-1;2*+2. The first kappa shape index (κ1) is 29.2. The monoisotopic (exact) mass is 270 g/mol. The van der Waals surface area contributed by atoms with Crippen LogP contribution >= 0.6 is 0 Å². The van der Waals surface area contributed by atoms with Crippen molar-refractivity contribution in [3.8, 4) is 0 Å². The first-order valence-electron chi connectivity index (χ1n) is 3.91. The number of rotatable bonds is 3. The molecule has 0 fully saturated rings. The molecule has 0 nitrogen and oxygen atoms in total. The molecule has 0 aliphatic rings. The van der Waals surface area contributed by atoms with E-state index in [2.05, 4.69) is 27.7 Å². The molecule has 0 spiro atoms.